The fourth-order valence-corrected chi connectivity index (χ4v) is 1.54. The fourth-order valence-electron chi connectivity index (χ4n) is 1.54. The second-order valence-electron chi connectivity index (χ2n) is 5.59. The number of hydroxylamine groups is 2. The van der Waals surface area contributed by atoms with Crippen LogP contribution in [-0.2, 0) is 14.4 Å². The molecule has 0 heterocycles. The maximum Gasteiger partial charge on any atom is 0.410 e. The van der Waals surface area contributed by atoms with Crippen LogP contribution >= 0.6 is 0 Å². The molecule has 20 heavy (non-hydrogen) atoms. The third kappa shape index (κ3) is 7.99. The minimum Gasteiger partial charge on any atom is -0.444 e. The molecule has 0 aromatic rings. The Kier molecular flexibility index (Phi) is 8.22. The molecule has 2 amide bonds. The fraction of sp³-hybridized carbons (Fsp3) is 0.857. The summed E-state index contributed by atoms with van der Waals surface area (Å²) in [6.07, 6.45) is 1.58. The molecule has 0 saturated heterocycles. The maximum atomic E-state index is 11.9. The summed E-state index contributed by atoms with van der Waals surface area (Å²) >= 11 is 0. The molecular weight excluding hydrogens is 260 g/mol. The van der Waals surface area contributed by atoms with E-state index >= 15 is 0 Å². The average molecular weight is 288 g/mol. The Morgan fingerprint density at radius 2 is 1.75 bits per heavy atom. The first-order chi connectivity index (χ1) is 9.21. The lowest BCUT2D eigenvalue weighted by Crippen LogP contribution is -2.37. The van der Waals surface area contributed by atoms with Crippen molar-refractivity contribution in [2.24, 2.45) is 0 Å². The van der Waals surface area contributed by atoms with Crippen molar-refractivity contribution >= 4 is 12.0 Å². The van der Waals surface area contributed by atoms with E-state index in [1.54, 1.807) is 11.9 Å². The Morgan fingerprint density at radius 1 is 1.15 bits per heavy atom. The van der Waals surface area contributed by atoms with E-state index in [1.807, 2.05) is 27.7 Å². The van der Waals surface area contributed by atoms with E-state index in [0.717, 1.165) is 6.42 Å². The van der Waals surface area contributed by atoms with Gasteiger partial charge in [0.1, 0.15) is 5.60 Å². The molecule has 0 aliphatic heterocycles. The van der Waals surface area contributed by atoms with E-state index < -0.39 is 5.60 Å². The average Bonchev–Trinajstić information content (AvgIpc) is 2.35. The first kappa shape index (κ1) is 18.7. The summed E-state index contributed by atoms with van der Waals surface area (Å²) in [5, 5.41) is 1.21. The Morgan fingerprint density at radius 3 is 2.20 bits per heavy atom. The lowest BCUT2D eigenvalue weighted by atomic mass is 10.2. The first-order valence-corrected chi connectivity index (χ1v) is 6.99. The summed E-state index contributed by atoms with van der Waals surface area (Å²) in [6.45, 7) is 8.64. The highest BCUT2D eigenvalue weighted by Gasteiger charge is 2.20. The van der Waals surface area contributed by atoms with Gasteiger partial charge in [0, 0.05) is 26.6 Å². The second kappa shape index (κ2) is 8.79. The van der Waals surface area contributed by atoms with Crippen molar-refractivity contribution < 1.29 is 19.2 Å². The molecule has 0 fully saturated rings. The van der Waals surface area contributed by atoms with Gasteiger partial charge < -0.3 is 9.64 Å². The van der Waals surface area contributed by atoms with E-state index in [2.05, 4.69) is 0 Å². The molecule has 0 radical (unpaired) electrons. The standard InChI is InChI=1S/C14H28N2O4/c1-7-16(13(18)20-14(2,3)4)11-9-8-10-12(17)15(5)19-6/h7-11H2,1-6H3. The summed E-state index contributed by atoms with van der Waals surface area (Å²) < 4.78 is 5.32. The minimum absolute atomic E-state index is 0.0622. The number of hydrogen-bond donors (Lipinski definition) is 0. The molecule has 0 N–H and O–H groups in total. The van der Waals surface area contributed by atoms with Gasteiger partial charge in [0.15, 0.2) is 0 Å². The van der Waals surface area contributed by atoms with Gasteiger partial charge >= 0.3 is 6.09 Å². The van der Waals surface area contributed by atoms with E-state index in [0.29, 0.717) is 25.9 Å². The predicted octanol–water partition coefficient (Wildman–Crippen LogP) is 2.43. The normalized spacial score (nSPS) is 11.1. The van der Waals surface area contributed by atoms with Gasteiger partial charge in [-0.1, -0.05) is 0 Å². The topological polar surface area (TPSA) is 59.1 Å². The van der Waals surface area contributed by atoms with Crippen LogP contribution in [0.15, 0.2) is 0 Å². The van der Waals surface area contributed by atoms with Crippen molar-refractivity contribution in [2.75, 3.05) is 27.2 Å². The first-order valence-electron chi connectivity index (χ1n) is 6.99. The second-order valence-corrected chi connectivity index (χ2v) is 5.59. The van der Waals surface area contributed by atoms with E-state index in [-0.39, 0.29) is 12.0 Å². The quantitative estimate of drug-likeness (QED) is 0.533. The highest BCUT2D eigenvalue weighted by molar-refractivity contribution is 5.74. The number of amides is 2. The van der Waals surface area contributed by atoms with Crippen LogP contribution in [0.3, 0.4) is 0 Å². The highest BCUT2D eigenvalue weighted by Crippen LogP contribution is 2.11. The number of rotatable bonds is 7. The summed E-state index contributed by atoms with van der Waals surface area (Å²) in [7, 11) is 3.04. The van der Waals surface area contributed by atoms with Gasteiger partial charge in [-0.25, -0.2) is 9.86 Å². The largest absolute Gasteiger partial charge is 0.444 e. The van der Waals surface area contributed by atoms with Crippen molar-refractivity contribution in [3.63, 3.8) is 0 Å². The van der Waals surface area contributed by atoms with Crippen molar-refractivity contribution in [3.8, 4) is 0 Å². The lowest BCUT2D eigenvalue weighted by molar-refractivity contribution is -0.168. The molecule has 0 atom stereocenters. The maximum absolute atomic E-state index is 11.9. The van der Waals surface area contributed by atoms with Gasteiger partial charge in [0.25, 0.3) is 0 Å². The SMILES string of the molecule is CCN(CCCCC(=O)N(C)OC)C(=O)OC(C)(C)C. The summed E-state index contributed by atoms with van der Waals surface area (Å²) in [5.74, 6) is -0.0622. The zero-order valence-electron chi connectivity index (χ0n) is 13.6. The molecule has 0 aliphatic rings. The molecule has 0 saturated carbocycles. The van der Waals surface area contributed by atoms with Gasteiger partial charge in [-0.2, -0.15) is 0 Å². The van der Waals surface area contributed by atoms with Gasteiger partial charge in [0.2, 0.25) is 5.91 Å². The molecule has 6 nitrogen and oxygen atoms in total. The van der Waals surface area contributed by atoms with Crippen LogP contribution in [0.4, 0.5) is 4.79 Å². The smallest absolute Gasteiger partial charge is 0.410 e. The van der Waals surface area contributed by atoms with Gasteiger partial charge in [-0.15, -0.1) is 0 Å². The Bertz CT molecular complexity index is 313. The van der Waals surface area contributed by atoms with Crippen LogP contribution in [-0.4, -0.2) is 54.8 Å². The van der Waals surface area contributed by atoms with Gasteiger partial charge in [-0.05, 0) is 40.5 Å². The van der Waals surface area contributed by atoms with Crippen LogP contribution in [0.25, 0.3) is 0 Å². The number of ether oxygens (including phenoxy) is 1. The van der Waals surface area contributed by atoms with E-state index in [1.165, 1.54) is 12.2 Å². The van der Waals surface area contributed by atoms with Gasteiger partial charge in [-0.3, -0.25) is 9.63 Å². The van der Waals surface area contributed by atoms with Crippen LogP contribution < -0.4 is 0 Å². The third-order valence-corrected chi connectivity index (χ3v) is 2.73. The number of carbonyl (C=O) groups is 2. The van der Waals surface area contributed by atoms with E-state index in [4.69, 9.17) is 9.57 Å². The van der Waals surface area contributed by atoms with Crippen LogP contribution in [0.1, 0.15) is 47.0 Å². The zero-order chi connectivity index (χ0) is 15.8. The van der Waals surface area contributed by atoms with Gasteiger partial charge in [0.05, 0.1) is 7.11 Å². The Balaban J connectivity index is 4.02. The number of carbonyl (C=O) groups excluding carboxylic acids is 2. The molecular formula is C14H28N2O4. The van der Waals surface area contributed by atoms with E-state index in [9.17, 15) is 9.59 Å². The molecule has 6 heteroatoms. The minimum atomic E-state index is -0.484. The Labute approximate surface area is 122 Å². The highest BCUT2D eigenvalue weighted by atomic mass is 16.7. The number of unbranched alkanes of at least 4 members (excludes halogenated alkanes) is 1. The lowest BCUT2D eigenvalue weighted by Gasteiger charge is -2.26. The van der Waals surface area contributed by atoms with Crippen molar-refractivity contribution in [1.29, 1.82) is 0 Å². The summed E-state index contributed by atoms with van der Waals surface area (Å²) in [6, 6.07) is 0. The number of nitrogens with zero attached hydrogens (tertiary/aromatic N) is 2. The number of hydrogen-bond acceptors (Lipinski definition) is 4. The molecule has 0 spiro atoms. The molecule has 118 valence electrons. The molecule has 0 aliphatic carbocycles. The van der Waals surface area contributed by atoms with Crippen LogP contribution in [0, 0.1) is 0 Å². The summed E-state index contributed by atoms with van der Waals surface area (Å²) in [5.41, 5.74) is -0.484. The third-order valence-electron chi connectivity index (χ3n) is 2.73. The Hall–Kier alpha value is -1.30. The predicted molar refractivity (Wildman–Crippen MR) is 77.1 cm³/mol. The molecule has 0 aromatic heterocycles. The van der Waals surface area contributed by atoms with Crippen LogP contribution in [0.2, 0.25) is 0 Å². The van der Waals surface area contributed by atoms with Crippen molar-refractivity contribution in [3.05, 3.63) is 0 Å². The molecule has 0 aromatic carbocycles. The molecule has 0 rings (SSSR count). The zero-order valence-corrected chi connectivity index (χ0v) is 13.6. The van der Waals surface area contributed by atoms with Crippen LogP contribution in [0.5, 0.6) is 0 Å². The summed E-state index contributed by atoms with van der Waals surface area (Å²) in [4.78, 5) is 29.8. The van der Waals surface area contributed by atoms with Crippen molar-refractivity contribution in [1.82, 2.24) is 9.96 Å². The monoisotopic (exact) mass is 288 g/mol. The molecule has 0 unspecified atom stereocenters. The molecule has 0 bridgehead atoms. The van der Waals surface area contributed by atoms with Crippen molar-refractivity contribution in [2.45, 2.75) is 52.6 Å².